The van der Waals surface area contributed by atoms with Gasteiger partial charge in [0.15, 0.2) is 5.60 Å². The number of ether oxygens (including phenoxy) is 1. The molecule has 0 bridgehead atoms. The van der Waals surface area contributed by atoms with Gasteiger partial charge in [-0.1, -0.05) is 72.6 Å². The number of rotatable bonds is 8. The Morgan fingerprint density at radius 3 is 2.19 bits per heavy atom. The average molecular weight is 483 g/mol. The largest absolute Gasteiger partial charge is 0.478 e. The maximum atomic E-state index is 13.1. The summed E-state index contributed by atoms with van der Waals surface area (Å²) in [4.78, 5) is 13.1. The predicted octanol–water partition coefficient (Wildman–Crippen LogP) is 7.36. The van der Waals surface area contributed by atoms with Gasteiger partial charge in [0, 0.05) is 21.1 Å². The molecule has 1 N–H and O–H groups in total. The fourth-order valence-electron chi connectivity index (χ4n) is 4.45. The van der Waals surface area contributed by atoms with E-state index < -0.39 is 5.60 Å². The Labute approximate surface area is 200 Å². The molecular weight excluding hydrogens is 453 g/mol. The minimum Gasteiger partial charge on any atom is -0.478 e. The van der Waals surface area contributed by atoms with Crippen molar-refractivity contribution in [3.05, 3.63) is 63.1 Å². The monoisotopic (exact) mass is 481 g/mol. The maximum absolute atomic E-state index is 13.1. The number of benzene rings is 2. The van der Waals surface area contributed by atoms with Gasteiger partial charge >= 0.3 is 0 Å². The Balaban J connectivity index is 1.70. The number of carbonyl (C=O) groups excluding carboxylic acids is 1. The first-order valence-electron chi connectivity index (χ1n) is 10.8. The van der Waals surface area contributed by atoms with Crippen molar-refractivity contribution >= 4 is 40.7 Å². The van der Waals surface area contributed by atoms with E-state index in [1.807, 2.05) is 12.1 Å². The fourth-order valence-corrected chi connectivity index (χ4v) is 5.08. The molecule has 168 valence electrons. The minimum atomic E-state index is -1.07. The van der Waals surface area contributed by atoms with Gasteiger partial charge in [0.05, 0.1) is 0 Å². The zero-order chi connectivity index (χ0) is 22.6. The van der Waals surface area contributed by atoms with Crippen LogP contribution in [0.1, 0.15) is 52.0 Å². The van der Waals surface area contributed by atoms with Gasteiger partial charge in [-0.15, -0.1) is 0 Å². The first kappa shape index (κ1) is 24.2. The van der Waals surface area contributed by atoms with Crippen molar-refractivity contribution in [3.63, 3.8) is 0 Å². The first-order valence-corrected chi connectivity index (χ1v) is 12.0. The van der Waals surface area contributed by atoms with E-state index in [2.05, 4.69) is 24.4 Å². The van der Waals surface area contributed by atoms with E-state index in [1.54, 1.807) is 32.0 Å². The third kappa shape index (κ3) is 6.78. The summed E-state index contributed by atoms with van der Waals surface area (Å²) >= 11 is 18.2. The van der Waals surface area contributed by atoms with Crippen LogP contribution in [0.25, 0.3) is 0 Å². The summed E-state index contributed by atoms with van der Waals surface area (Å²) in [5, 5.41) is 4.90. The number of nitrogens with one attached hydrogen (secondary N) is 1. The molecule has 2 aromatic carbocycles. The summed E-state index contributed by atoms with van der Waals surface area (Å²) in [7, 11) is 0. The van der Waals surface area contributed by atoms with E-state index in [-0.39, 0.29) is 11.9 Å². The van der Waals surface area contributed by atoms with Crippen LogP contribution in [0.3, 0.4) is 0 Å². The number of hydrogen-bond donors (Lipinski definition) is 1. The van der Waals surface area contributed by atoms with Gasteiger partial charge in [0.1, 0.15) is 5.75 Å². The van der Waals surface area contributed by atoms with E-state index >= 15 is 0 Å². The van der Waals surface area contributed by atoms with E-state index in [0.29, 0.717) is 27.6 Å². The van der Waals surface area contributed by atoms with Crippen LogP contribution >= 0.6 is 34.8 Å². The Morgan fingerprint density at radius 1 is 1.03 bits per heavy atom. The summed E-state index contributed by atoms with van der Waals surface area (Å²) in [5.74, 6) is 1.26. The summed E-state index contributed by atoms with van der Waals surface area (Å²) in [6.07, 6.45) is 5.84. The highest BCUT2D eigenvalue weighted by atomic mass is 35.5. The molecule has 31 heavy (non-hydrogen) atoms. The quantitative estimate of drug-likeness (QED) is 0.427. The molecule has 0 radical (unpaired) electrons. The van der Waals surface area contributed by atoms with Crippen molar-refractivity contribution < 1.29 is 9.53 Å². The molecule has 1 saturated carbocycles. The van der Waals surface area contributed by atoms with Crippen molar-refractivity contribution in [3.8, 4) is 5.75 Å². The van der Waals surface area contributed by atoms with Gasteiger partial charge in [-0.2, -0.15) is 0 Å². The van der Waals surface area contributed by atoms with Gasteiger partial charge in [-0.3, -0.25) is 4.79 Å². The van der Waals surface area contributed by atoms with E-state index in [1.165, 1.54) is 31.2 Å². The summed E-state index contributed by atoms with van der Waals surface area (Å²) in [5.41, 5.74) is 0.175. The molecule has 0 spiro atoms. The topological polar surface area (TPSA) is 38.3 Å². The van der Waals surface area contributed by atoms with Crippen LogP contribution in [0.2, 0.25) is 15.1 Å². The average Bonchev–Trinajstić information content (AvgIpc) is 3.20. The second kappa shape index (κ2) is 10.5. The normalized spacial score (nSPS) is 16.7. The molecule has 2 atom stereocenters. The molecule has 0 aliphatic heterocycles. The Kier molecular flexibility index (Phi) is 8.18. The number of hydrogen-bond acceptors (Lipinski definition) is 2. The lowest BCUT2D eigenvalue weighted by Gasteiger charge is -2.33. The van der Waals surface area contributed by atoms with Gasteiger partial charge in [-0.25, -0.2) is 0 Å². The molecule has 2 unspecified atom stereocenters. The fraction of sp³-hybridized carbons (Fsp3) is 0.480. The van der Waals surface area contributed by atoms with E-state index in [9.17, 15) is 4.79 Å². The summed E-state index contributed by atoms with van der Waals surface area (Å²) in [6.45, 7) is 5.62. The third-order valence-electron chi connectivity index (χ3n) is 6.15. The molecule has 1 aliphatic rings. The lowest BCUT2D eigenvalue weighted by atomic mass is 9.80. The number of carbonyl (C=O) groups is 1. The van der Waals surface area contributed by atoms with Gasteiger partial charge in [-0.05, 0) is 74.9 Å². The third-order valence-corrected chi connectivity index (χ3v) is 6.84. The molecule has 1 fully saturated rings. The standard InChI is InChI=1S/C25H30Cl3NO2/c1-16(23(18-6-4-5-7-18)12-17-8-10-19(26)11-9-17)29-24(30)25(2,3)31-22-14-20(27)13-21(28)15-22/h8-11,13-16,18,23H,4-7,12H2,1-3H3,(H,29,30). The van der Waals surface area contributed by atoms with Crippen molar-refractivity contribution in [1.82, 2.24) is 5.32 Å². The highest BCUT2D eigenvalue weighted by molar-refractivity contribution is 6.34. The van der Waals surface area contributed by atoms with Crippen molar-refractivity contribution in [2.45, 2.75) is 64.5 Å². The van der Waals surface area contributed by atoms with Crippen LogP contribution in [-0.2, 0) is 11.2 Å². The number of amides is 1. The first-order chi connectivity index (χ1) is 14.6. The van der Waals surface area contributed by atoms with Crippen LogP contribution in [0.4, 0.5) is 0 Å². The van der Waals surface area contributed by atoms with Crippen LogP contribution < -0.4 is 10.1 Å². The zero-order valence-corrected chi connectivity index (χ0v) is 20.5. The van der Waals surface area contributed by atoms with Crippen molar-refractivity contribution in [1.29, 1.82) is 0 Å². The van der Waals surface area contributed by atoms with E-state index in [4.69, 9.17) is 39.5 Å². The van der Waals surface area contributed by atoms with Crippen LogP contribution in [0.5, 0.6) is 5.75 Å². The minimum absolute atomic E-state index is 0.0112. The molecule has 0 saturated heterocycles. The summed E-state index contributed by atoms with van der Waals surface area (Å²) < 4.78 is 5.97. The zero-order valence-electron chi connectivity index (χ0n) is 18.3. The van der Waals surface area contributed by atoms with E-state index in [0.717, 1.165) is 11.4 Å². The second-order valence-corrected chi connectivity index (χ2v) is 10.3. The highest BCUT2D eigenvalue weighted by Gasteiger charge is 2.35. The molecule has 3 nitrogen and oxygen atoms in total. The lowest BCUT2D eigenvalue weighted by molar-refractivity contribution is -0.135. The number of halogens is 3. The van der Waals surface area contributed by atoms with Crippen molar-refractivity contribution in [2.24, 2.45) is 11.8 Å². The molecule has 0 heterocycles. The molecule has 1 amide bonds. The predicted molar refractivity (Wildman–Crippen MR) is 129 cm³/mol. The van der Waals surface area contributed by atoms with Gasteiger partial charge < -0.3 is 10.1 Å². The summed E-state index contributed by atoms with van der Waals surface area (Å²) in [6, 6.07) is 13.0. The molecule has 1 aliphatic carbocycles. The molecular formula is C25H30Cl3NO2. The highest BCUT2D eigenvalue weighted by Crippen LogP contribution is 2.35. The second-order valence-electron chi connectivity index (χ2n) is 9.02. The maximum Gasteiger partial charge on any atom is 0.263 e. The van der Waals surface area contributed by atoms with Crippen LogP contribution in [0, 0.1) is 11.8 Å². The van der Waals surface area contributed by atoms with Crippen LogP contribution in [-0.4, -0.2) is 17.6 Å². The van der Waals surface area contributed by atoms with Gasteiger partial charge in [0.25, 0.3) is 5.91 Å². The van der Waals surface area contributed by atoms with Crippen molar-refractivity contribution in [2.75, 3.05) is 0 Å². The Hall–Kier alpha value is -1.42. The Bertz CT molecular complexity index is 872. The molecule has 3 rings (SSSR count). The van der Waals surface area contributed by atoms with Gasteiger partial charge in [0.2, 0.25) is 0 Å². The molecule has 2 aromatic rings. The Morgan fingerprint density at radius 2 is 1.61 bits per heavy atom. The smallest absolute Gasteiger partial charge is 0.263 e. The molecule has 6 heteroatoms. The molecule has 0 aromatic heterocycles. The lowest BCUT2D eigenvalue weighted by Crippen LogP contribution is -2.52. The SMILES string of the molecule is CC(NC(=O)C(C)(C)Oc1cc(Cl)cc(Cl)c1)C(Cc1ccc(Cl)cc1)C1CCCC1. The van der Waals surface area contributed by atoms with Crippen LogP contribution in [0.15, 0.2) is 42.5 Å².